The van der Waals surface area contributed by atoms with Crippen LogP contribution in [0.2, 0.25) is 0 Å². The van der Waals surface area contributed by atoms with Gasteiger partial charge in [0, 0.05) is 19.2 Å². The zero-order chi connectivity index (χ0) is 16.1. The fourth-order valence-electron chi connectivity index (χ4n) is 1.82. The lowest BCUT2D eigenvalue weighted by molar-refractivity contribution is -0.383. The van der Waals surface area contributed by atoms with Crippen LogP contribution in [0, 0.1) is 17.0 Å². The predicted molar refractivity (Wildman–Crippen MR) is 78.2 cm³/mol. The van der Waals surface area contributed by atoms with E-state index < -0.39 is 4.92 Å². The molecule has 10 nitrogen and oxygen atoms in total. The second-order valence-corrected chi connectivity index (χ2v) is 4.63. The highest BCUT2D eigenvalue weighted by Gasteiger charge is 2.24. The van der Waals surface area contributed by atoms with Gasteiger partial charge in [0.15, 0.2) is 5.82 Å². The van der Waals surface area contributed by atoms with E-state index in [-0.39, 0.29) is 23.4 Å². The quantitative estimate of drug-likeness (QED) is 0.581. The van der Waals surface area contributed by atoms with E-state index in [1.54, 1.807) is 20.1 Å². The lowest BCUT2D eigenvalue weighted by Gasteiger charge is -2.14. The summed E-state index contributed by atoms with van der Waals surface area (Å²) in [7, 11) is 1.55. The zero-order valence-electron chi connectivity index (χ0n) is 12.4. The molecule has 0 bridgehead atoms. The van der Waals surface area contributed by atoms with Crippen molar-refractivity contribution in [1.82, 2.24) is 15.1 Å². The van der Waals surface area contributed by atoms with Crippen molar-refractivity contribution in [1.29, 1.82) is 0 Å². The second-order valence-electron chi connectivity index (χ2n) is 4.63. The number of rotatable bonds is 7. The molecule has 0 aliphatic rings. The van der Waals surface area contributed by atoms with Gasteiger partial charge in [-0.25, -0.2) is 9.97 Å². The highest BCUT2D eigenvalue weighted by molar-refractivity contribution is 5.72. The van der Waals surface area contributed by atoms with Crippen molar-refractivity contribution < 1.29 is 14.2 Å². The van der Waals surface area contributed by atoms with Gasteiger partial charge in [0.1, 0.15) is 12.1 Å². The third-order valence-electron chi connectivity index (χ3n) is 2.68. The minimum absolute atomic E-state index is 0.0282. The van der Waals surface area contributed by atoms with Crippen molar-refractivity contribution in [2.45, 2.75) is 19.9 Å². The Bertz CT molecular complexity index is 659. The molecule has 10 heteroatoms. The van der Waals surface area contributed by atoms with Gasteiger partial charge in [-0.1, -0.05) is 5.16 Å². The number of nitrogens with zero attached hydrogens (tertiary/aromatic N) is 4. The molecule has 0 spiro atoms. The summed E-state index contributed by atoms with van der Waals surface area (Å²) >= 11 is 0. The fourth-order valence-corrected chi connectivity index (χ4v) is 1.82. The minimum atomic E-state index is -0.558. The Hall–Kier alpha value is -2.75. The van der Waals surface area contributed by atoms with Gasteiger partial charge in [-0.3, -0.25) is 10.1 Å². The van der Waals surface area contributed by atoms with Crippen molar-refractivity contribution in [3.05, 3.63) is 28.3 Å². The van der Waals surface area contributed by atoms with Crippen LogP contribution in [0.15, 0.2) is 16.9 Å². The molecule has 0 fully saturated rings. The normalized spacial score (nSPS) is 12.0. The third-order valence-corrected chi connectivity index (χ3v) is 2.68. The van der Waals surface area contributed by atoms with Crippen LogP contribution < -0.4 is 10.6 Å². The molecule has 2 rings (SSSR count). The average Bonchev–Trinajstić information content (AvgIpc) is 2.84. The molecule has 0 aliphatic heterocycles. The first-order valence-electron chi connectivity index (χ1n) is 6.46. The van der Waals surface area contributed by atoms with Gasteiger partial charge in [-0.05, 0) is 13.8 Å². The van der Waals surface area contributed by atoms with Crippen molar-refractivity contribution in [2.24, 2.45) is 0 Å². The van der Waals surface area contributed by atoms with E-state index >= 15 is 0 Å². The predicted octanol–water partition coefficient (Wildman–Crippen LogP) is 1.87. The van der Waals surface area contributed by atoms with E-state index in [9.17, 15) is 10.1 Å². The first-order chi connectivity index (χ1) is 10.5. The summed E-state index contributed by atoms with van der Waals surface area (Å²) in [5.74, 6) is 1.04. The number of hydrogen-bond donors (Lipinski definition) is 2. The molecule has 22 heavy (non-hydrogen) atoms. The monoisotopic (exact) mass is 308 g/mol. The molecule has 2 heterocycles. The van der Waals surface area contributed by atoms with E-state index in [1.807, 2.05) is 6.92 Å². The Morgan fingerprint density at radius 1 is 1.45 bits per heavy atom. The van der Waals surface area contributed by atoms with E-state index in [2.05, 4.69) is 25.8 Å². The largest absolute Gasteiger partial charge is 0.383 e. The lowest BCUT2D eigenvalue weighted by Crippen LogP contribution is -2.22. The van der Waals surface area contributed by atoms with Crippen LogP contribution in [-0.4, -0.2) is 39.8 Å². The van der Waals surface area contributed by atoms with E-state index in [4.69, 9.17) is 9.26 Å². The number of hydrogen-bond acceptors (Lipinski definition) is 9. The highest BCUT2D eigenvalue weighted by atomic mass is 16.6. The van der Waals surface area contributed by atoms with Gasteiger partial charge in [0.2, 0.25) is 11.6 Å². The molecule has 2 N–H and O–H groups in total. The smallest absolute Gasteiger partial charge is 0.353 e. The van der Waals surface area contributed by atoms with Crippen LogP contribution in [0.1, 0.15) is 12.7 Å². The summed E-state index contributed by atoms with van der Waals surface area (Å²) in [5, 5.41) is 20.7. The van der Waals surface area contributed by atoms with E-state index in [1.165, 1.54) is 6.33 Å². The van der Waals surface area contributed by atoms with Gasteiger partial charge in [0.05, 0.1) is 11.5 Å². The maximum Gasteiger partial charge on any atom is 0.353 e. The molecule has 2 aromatic rings. The standard InChI is InChI=1S/C12H16N6O4/c1-7(5-21-3)15-11-10(18(19)20)12(14-6-13-11)16-9-4-8(2)22-17-9/h4,6-7H,5H2,1-3H3,(H2,13,14,15,16,17). The van der Waals surface area contributed by atoms with Crippen LogP contribution >= 0.6 is 0 Å². The number of aryl methyl sites for hydroxylation is 1. The zero-order valence-corrected chi connectivity index (χ0v) is 12.4. The van der Waals surface area contributed by atoms with Gasteiger partial charge >= 0.3 is 5.69 Å². The molecular formula is C12H16N6O4. The Labute approximate surface area is 126 Å². The van der Waals surface area contributed by atoms with Gasteiger partial charge in [-0.2, -0.15) is 0 Å². The number of nitro groups is 1. The summed E-state index contributed by atoms with van der Waals surface area (Å²) < 4.78 is 9.90. The van der Waals surface area contributed by atoms with Crippen molar-refractivity contribution in [2.75, 3.05) is 24.4 Å². The Morgan fingerprint density at radius 3 is 2.77 bits per heavy atom. The molecule has 118 valence electrons. The van der Waals surface area contributed by atoms with Crippen LogP contribution in [0.4, 0.5) is 23.1 Å². The van der Waals surface area contributed by atoms with Crippen molar-refractivity contribution in [3.63, 3.8) is 0 Å². The second kappa shape index (κ2) is 6.80. The first kappa shape index (κ1) is 15.6. The maximum atomic E-state index is 11.3. The van der Waals surface area contributed by atoms with Crippen LogP contribution in [-0.2, 0) is 4.74 Å². The number of aromatic nitrogens is 3. The molecule has 2 aromatic heterocycles. The van der Waals surface area contributed by atoms with E-state index in [0.717, 1.165) is 0 Å². The molecular weight excluding hydrogens is 292 g/mol. The molecule has 0 aromatic carbocycles. The van der Waals surface area contributed by atoms with Gasteiger partial charge in [0.25, 0.3) is 0 Å². The van der Waals surface area contributed by atoms with Crippen LogP contribution in [0.5, 0.6) is 0 Å². The molecule has 1 unspecified atom stereocenters. The third kappa shape index (κ3) is 3.67. The number of methoxy groups -OCH3 is 1. The Balaban J connectivity index is 2.31. The SMILES string of the molecule is COCC(C)Nc1ncnc(Nc2cc(C)on2)c1[N+](=O)[O-]. The molecule has 0 aliphatic carbocycles. The van der Waals surface area contributed by atoms with Crippen LogP contribution in [0.25, 0.3) is 0 Å². The Kier molecular flexibility index (Phi) is 4.84. The summed E-state index contributed by atoms with van der Waals surface area (Å²) in [5.41, 5.74) is -0.272. The molecule has 1 atom stereocenters. The fraction of sp³-hybridized carbons (Fsp3) is 0.417. The summed E-state index contributed by atoms with van der Waals surface area (Å²) in [6.45, 7) is 3.92. The number of anilines is 3. The van der Waals surface area contributed by atoms with Crippen LogP contribution in [0.3, 0.4) is 0 Å². The molecule has 0 amide bonds. The number of ether oxygens (including phenoxy) is 1. The first-order valence-corrected chi connectivity index (χ1v) is 6.46. The Morgan fingerprint density at radius 2 is 2.18 bits per heavy atom. The van der Waals surface area contributed by atoms with Crippen molar-refractivity contribution in [3.8, 4) is 0 Å². The molecule has 0 saturated carbocycles. The van der Waals surface area contributed by atoms with E-state index in [0.29, 0.717) is 18.2 Å². The maximum absolute atomic E-state index is 11.3. The van der Waals surface area contributed by atoms with Gasteiger partial charge in [-0.15, -0.1) is 0 Å². The summed E-state index contributed by atoms with van der Waals surface area (Å²) in [4.78, 5) is 18.6. The lowest BCUT2D eigenvalue weighted by atomic mass is 10.3. The molecule has 0 saturated heterocycles. The van der Waals surface area contributed by atoms with Gasteiger partial charge < -0.3 is 19.9 Å². The average molecular weight is 308 g/mol. The minimum Gasteiger partial charge on any atom is -0.383 e. The number of nitrogens with one attached hydrogen (secondary N) is 2. The highest BCUT2D eigenvalue weighted by Crippen LogP contribution is 2.31. The van der Waals surface area contributed by atoms with Crippen molar-refractivity contribution >= 4 is 23.1 Å². The summed E-state index contributed by atoms with van der Waals surface area (Å²) in [6.07, 6.45) is 1.23. The summed E-state index contributed by atoms with van der Waals surface area (Å²) in [6, 6.07) is 1.45. The molecule has 0 radical (unpaired) electrons. The topological polar surface area (TPSA) is 128 Å².